The molecule has 10 heavy (non-hydrogen) atoms. The monoisotopic (exact) mass is 179 g/mol. The van der Waals surface area contributed by atoms with Crippen LogP contribution >= 0.6 is 0 Å². The minimum absolute atomic E-state index is 0. The first-order valence-electron chi connectivity index (χ1n) is 3.32. The molecule has 0 unspecified atom stereocenters. The van der Waals surface area contributed by atoms with Crippen LogP contribution in [0.1, 0.15) is 25.2 Å². The Bertz CT molecular complexity index is 165. The molecule has 0 amide bonds. The standard InChI is InChI=1S/C7H11N2.Fe/c1-3-6-5-7(4-2)9-8-6;/h3-4H2,1-2H3,(H,8,9);/q-1;. The van der Waals surface area contributed by atoms with E-state index in [0.717, 1.165) is 24.2 Å². The van der Waals surface area contributed by atoms with Crippen LogP contribution in [0.25, 0.3) is 0 Å². The van der Waals surface area contributed by atoms with Gasteiger partial charge in [0.2, 0.25) is 0 Å². The molecule has 0 fully saturated rings. The van der Waals surface area contributed by atoms with Crippen LogP contribution in [0.4, 0.5) is 0 Å². The van der Waals surface area contributed by atoms with Crippen LogP contribution in [0.5, 0.6) is 0 Å². The van der Waals surface area contributed by atoms with Crippen LogP contribution in [0.3, 0.4) is 0 Å². The van der Waals surface area contributed by atoms with Crippen molar-refractivity contribution in [1.82, 2.24) is 10.2 Å². The summed E-state index contributed by atoms with van der Waals surface area (Å²) in [5.41, 5.74) is 2.14. The SMILES string of the molecule is CCc1[c-]c(CC)[nH]n1.[Fe]. The van der Waals surface area contributed by atoms with Crippen LogP contribution < -0.4 is 0 Å². The van der Waals surface area contributed by atoms with E-state index in [1.165, 1.54) is 0 Å². The molecule has 1 rings (SSSR count). The van der Waals surface area contributed by atoms with Gasteiger partial charge in [-0.3, -0.25) is 0 Å². The van der Waals surface area contributed by atoms with E-state index in [2.05, 4.69) is 30.1 Å². The third kappa shape index (κ3) is 2.16. The number of hydrogen-bond acceptors (Lipinski definition) is 1. The fourth-order valence-electron chi connectivity index (χ4n) is 0.700. The predicted octanol–water partition coefficient (Wildman–Crippen LogP) is 1.33. The van der Waals surface area contributed by atoms with Crippen LogP contribution in [-0.2, 0) is 29.9 Å². The summed E-state index contributed by atoms with van der Waals surface area (Å²) in [6.07, 6.45) is 1.96. The second-order valence-electron chi connectivity index (χ2n) is 1.98. The fraction of sp³-hybridized carbons (Fsp3) is 0.571. The largest absolute Gasteiger partial charge is 0.426 e. The normalized spacial score (nSPS) is 9.00. The molecular formula is C7H11FeN2-. The summed E-state index contributed by atoms with van der Waals surface area (Å²) in [6, 6.07) is 3.15. The van der Waals surface area contributed by atoms with Crippen molar-refractivity contribution in [3.8, 4) is 0 Å². The smallest absolute Gasteiger partial charge is 0 e. The molecule has 0 radical (unpaired) electrons. The summed E-state index contributed by atoms with van der Waals surface area (Å²) in [6.45, 7) is 4.16. The average Bonchev–Trinajstić information content (AvgIpc) is 2.34. The summed E-state index contributed by atoms with van der Waals surface area (Å²) in [4.78, 5) is 0. The summed E-state index contributed by atoms with van der Waals surface area (Å²) in [7, 11) is 0. The van der Waals surface area contributed by atoms with Gasteiger partial charge in [0.25, 0.3) is 0 Å². The maximum Gasteiger partial charge on any atom is 0 e. The topological polar surface area (TPSA) is 28.7 Å². The Morgan fingerprint density at radius 2 is 2.10 bits per heavy atom. The van der Waals surface area contributed by atoms with Crippen molar-refractivity contribution in [3.05, 3.63) is 17.5 Å². The molecule has 0 spiro atoms. The van der Waals surface area contributed by atoms with E-state index in [9.17, 15) is 0 Å². The van der Waals surface area contributed by atoms with Crippen molar-refractivity contribution >= 4 is 0 Å². The molecule has 58 valence electrons. The number of rotatable bonds is 2. The Morgan fingerprint density at radius 1 is 1.40 bits per heavy atom. The number of H-pyrrole nitrogens is 1. The molecule has 0 aliphatic heterocycles. The van der Waals surface area contributed by atoms with Gasteiger partial charge in [-0.1, -0.05) is 13.8 Å². The van der Waals surface area contributed by atoms with Crippen LogP contribution in [-0.4, -0.2) is 10.2 Å². The molecule has 0 saturated heterocycles. The first-order valence-corrected chi connectivity index (χ1v) is 3.32. The number of nitrogens with zero attached hydrogens (tertiary/aromatic N) is 1. The summed E-state index contributed by atoms with van der Waals surface area (Å²) >= 11 is 0. The van der Waals surface area contributed by atoms with Crippen molar-refractivity contribution < 1.29 is 17.1 Å². The van der Waals surface area contributed by atoms with Crippen molar-refractivity contribution in [2.75, 3.05) is 0 Å². The zero-order valence-electron chi connectivity index (χ0n) is 6.21. The summed E-state index contributed by atoms with van der Waals surface area (Å²) in [5, 5.41) is 6.93. The third-order valence-electron chi connectivity index (χ3n) is 1.31. The minimum atomic E-state index is 0. The van der Waals surface area contributed by atoms with Crippen molar-refractivity contribution in [3.63, 3.8) is 0 Å². The van der Waals surface area contributed by atoms with Gasteiger partial charge >= 0.3 is 0 Å². The molecule has 1 heterocycles. The number of aromatic amines is 1. The van der Waals surface area contributed by atoms with Gasteiger partial charge in [0, 0.05) is 17.1 Å². The quantitative estimate of drug-likeness (QED) is 0.538. The van der Waals surface area contributed by atoms with Gasteiger partial charge < -0.3 is 11.2 Å². The molecule has 1 N–H and O–H groups in total. The summed E-state index contributed by atoms with van der Waals surface area (Å²) in [5.74, 6) is 0. The van der Waals surface area contributed by atoms with E-state index in [-0.39, 0.29) is 17.1 Å². The number of nitrogens with one attached hydrogen (secondary N) is 1. The van der Waals surface area contributed by atoms with Gasteiger partial charge in [0.1, 0.15) is 0 Å². The molecule has 0 aliphatic carbocycles. The second kappa shape index (κ2) is 4.53. The van der Waals surface area contributed by atoms with Crippen LogP contribution in [0.2, 0.25) is 0 Å². The van der Waals surface area contributed by atoms with E-state index in [4.69, 9.17) is 0 Å². The molecule has 1 aromatic heterocycles. The van der Waals surface area contributed by atoms with E-state index in [0.29, 0.717) is 0 Å². The molecule has 0 aliphatic rings. The average molecular weight is 179 g/mol. The summed E-state index contributed by atoms with van der Waals surface area (Å²) < 4.78 is 0. The molecule has 0 saturated carbocycles. The minimum Gasteiger partial charge on any atom is -0.426 e. The zero-order valence-corrected chi connectivity index (χ0v) is 7.32. The Labute approximate surface area is 71.9 Å². The Hall–Kier alpha value is -0.271. The van der Waals surface area contributed by atoms with E-state index >= 15 is 0 Å². The molecule has 0 atom stereocenters. The fourth-order valence-corrected chi connectivity index (χ4v) is 0.700. The van der Waals surface area contributed by atoms with E-state index < -0.39 is 0 Å². The maximum atomic E-state index is 4.02. The third-order valence-corrected chi connectivity index (χ3v) is 1.31. The number of aromatic nitrogens is 2. The van der Waals surface area contributed by atoms with Gasteiger partial charge in [0.15, 0.2) is 0 Å². The second-order valence-corrected chi connectivity index (χ2v) is 1.98. The van der Waals surface area contributed by atoms with Crippen molar-refractivity contribution in [2.45, 2.75) is 26.7 Å². The molecule has 3 heteroatoms. The predicted molar refractivity (Wildman–Crippen MR) is 36.2 cm³/mol. The first-order chi connectivity index (χ1) is 4.36. The molecule has 0 aromatic carbocycles. The Balaban J connectivity index is 0.000000810. The number of aryl methyl sites for hydroxylation is 2. The molecule has 2 nitrogen and oxygen atoms in total. The first kappa shape index (κ1) is 9.73. The van der Waals surface area contributed by atoms with Crippen molar-refractivity contribution in [2.24, 2.45) is 0 Å². The van der Waals surface area contributed by atoms with Gasteiger partial charge in [-0.25, -0.2) is 5.10 Å². The van der Waals surface area contributed by atoms with Crippen LogP contribution in [0.15, 0.2) is 0 Å². The van der Waals surface area contributed by atoms with Gasteiger partial charge in [-0.05, 0) is 12.8 Å². The van der Waals surface area contributed by atoms with Crippen LogP contribution in [0, 0.1) is 6.07 Å². The van der Waals surface area contributed by atoms with E-state index in [1.54, 1.807) is 0 Å². The van der Waals surface area contributed by atoms with Gasteiger partial charge in [0.05, 0.1) is 0 Å². The van der Waals surface area contributed by atoms with Crippen molar-refractivity contribution in [1.29, 1.82) is 0 Å². The van der Waals surface area contributed by atoms with E-state index in [1.807, 2.05) is 0 Å². The zero-order chi connectivity index (χ0) is 6.69. The van der Waals surface area contributed by atoms with Gasteiger partial charge in [-0.2, -0.15) is 0 Å². The Kier molecular flexibility index (Phi) is 4.41. The maximum absolute atomic E-state index is 4.02. The molecular weight excluding hydrogens is 168 g/mol. The van der Waals surface area contributed by atoms with Gasteiger partial charge in [-0.15, -0.1) is 11.4 Å². The Morgan fingerprint density at radius 3 is 2.40 bits per heavy atom. The molecule has 1 aromatic rings. The number of hydrogen-bond donors (Lipinski definition) is 1. The molecule has 0 bridgehead atoms.